The van der Waals surface area contributed by atoms with Gasteiger partial charge in [0.25, 0.3) is 5.91 Å². The van der Waals surface area contributed by atoms with E-state index in [9.17, 15) is 9.90 Å². The topological polar surface area (TPSA) is 87.1 Å². The third kappa shape index (κ3) is 3.57. The number of aryl methyl sites for hydroxylation is 1. The molecule has 3 rings (SSSR count). The van der Waals surface area contributed by atoms with Crippen molar-refractivity contribution in [2.24, 2.45) is 5.92 Å². The molecule has 0 aromatic carbocycles. The number of pyridine rings is 1. The number of hydrogen-bond donors (Lipinski definition) is 3. The van der Waals surface area contributed by atoms with E-state index in [2.05, 4.69) is 20.6 Å². The Balaban J connectivity index is 1.78. The smallest absolute Gasteiger partial charge is 0.263 e. The lowest BCUT2D eigenvalue weighted by molar-refractivity contribution is 0.0228. The molecule has 1 aliphatic rings. The zero-order valence-corrected chi connectivity index (χ0v) is 14.6. The van der Waals surface area contributed by atoms with E-state index >= 15 is 0 Å². The van der Waals surface area contributed by atoms with Gasteiger partial charge in [-0.05, 0) is 44.7 Å². The molecule has 3 N–H and O–H groups in total. The van der Waals surface area contributed by atoms with Crippen LogP contribution in [-0.4, -0.2) is 33.6 Å². The van der Waals surface area contributed by atoms with Crippen LogP contribution in [0, 0.1) is 12.8 Å². The summed E-state index contributed by atoms with van der Waals surface area (Å²) in [7, 11) is 0. The summed E-state index contributed by atoms with van der Waals surface area (Å²) in [5.74, 6) is 0.0755. The SMILES string of the molecule is CCNc1nc(C)c(C(=O)N[C@@H](c2ccccn2)C2CC(O)C2)s1. The van der Waals surface area contributed by atoms with Crippen LogP contribution in [0.15, 0.2) is 24.4 Å². The van der Waals surface area contributed by atoms with Crippen LogP contribution in [-0.2, 0) is 0 Å². The number of amides is 1. The second-order valence-electron chi connectivity index (χ2n) is 6.05. The summed E-state index contributed by atoms with van der Waals surface area (Å²) in [5, 5.41) is 16.6. The second-order valence-corrected chi connectivity index (χ2v) is 7.05. The highest BCUT2D eigenvalue weighted by atomic mass is 32.1. The van der Waals surface area contributed by atoms with Gasteiger partial charge >= 0.3 is 0 Å². The van der Waals surface area contributed by atoms with Gasteiger partial charge in [-0.2, -0.15) is 0 Å². The highest BCUT2D eigenvalue weighted by molar-refractivity contribution is 7.17. The van der Waals surface area contributed by atoms with Crippen molar-refractivity contribution in [1.82, 2.24) is 15.3 Å². The van der Waals surface area contributed by atoms with Gasteiger partial charge in [-0.1, -0.05) is 17.4 Å². The van der Waals surface area contributed by atoms with Crippen LogP contribution < -0.4 is 10.6 Å². The number of aliphatic hydroxyl groups is 1. The van der Waals surface area contributed by atoms with Crippen LogP contribution in [0.25, 0.3) is 0 Å². The predicted octanol–water partition coefficient (Wildman–Crippen LogP) is 2.52. The second kappa shape index (κ2) is 7.27. The summed E-state index contributed by atoms with van der Waals surface area (Å²) in [4.78, 5) is 22.1. The normalized spacial score (nSPS) is 21.0. The molecular weight excluding hydrogens is 324 g/mol. The molecule has 0 saturated heterocycles. The zero-order chi connectivity index (χ0) is 17.1. The van der Waals surface area contributed by atoms with E-state index in [1.54, 1.807) is 6.20 Å². The van der Waals surface area contributed by atoms with Gasteiger partial charge in [-0.15, -0.1) is 0 Å². The number of carbonyl (C=O) groups is 1. The number of thiazole rings is 1. The molecule has 0 radical (unpaired) electrons. The van der Waals surface area contributed by atoms with Crippen molar-refractivity contribution >= 4 is 22.4 Å². The molecule has 24 heavy (non-hydrogen) atoms. The Morgan fingerprint density at radius 2 is 2.25 bits per heavy atom. The Kier molecular flexibility index (Phi) is 5.11. The first-order valence-electron chi connectivity index (χ1n) is 8.19. The third-order valence-corrected chi connectivity index (χ3v) is 5.36. The average molecular weight is 346 g/mol. The van der Waals surface area contributed by atoms with Crippen molar-refractivity contribution in [2.45, 2.75) is 38.8 Å². The van der Waals surface area contributed by atoms with Gasteiger partial charge in [-0.25, -0.2) is 4.98 Å². The molecular formula is C17H22N4O2S. The number of carbonyl (C=O) groups excluding carboxylic acids is 1. The quantitative estimate of drug-likeness (QED) is 0.748. The number of nitrogens with one attached hydrogen (secondary N) is 2. The van der Waals surface area contributed by atoms with Gasteiger partial charge in [0.2, 0.25) is 0 Å². The molecule has 2 aromatic rings. The number of rotatable bonds is 6. The molecule has 2 aromatic heterocycles. The van der Waals surface area contributed by atoms with Crippen molar-refractivity contribution < 1.29 is 9.90 Å². The number of anilines is 1. The number of nitrogens with zero attached hydrogens (tertiary/aromatic N) is 2. The first-order valence-corrected chi connectivity index (χ1v) is 9.01. The zero-order valence-electron chi connectivity index (χ0n) is 13.8. The molecule has 1 fully saturated rings. The van der Waals surface area contributed by atoms with Crippen LogP contribution in [0.3, 0.4) is 0 Å². The monoisotopic (exact) mass is 346 g/mol. The van der Waals surface area contributed by atoms with Gasteiger partial charge < -0.3 is 15.7 Å². The first-order chi connectivity index (χ1) is 11.6. The van der Waals surface area contributed by atoms with E-state index < -0.39 is 0 Å². The average Bonchev–Trinajstić information content (AvgIpc) is 2.92. The Morgan fingerprint density at radius 1 is 1.46 bits per heavy atom. The highest BCUT2D eigenvalue weighted by Crippen LogP contribution is 2.37. The molecule has 1 amide bonds. The molecule has 6 nitrogen and oxygen atoms in total. The van der Waals surface area contributed by atoms with Gasteiger partial charge in [0.15, 0.2) is 5.13 Å². The Morgan fingerprint density at radius 3 is 2.88 bits per heavy atom. The van der Waals surface area contributed by atoms with Crippen molar-refractivity contribution in [3.05, 3.63) is 40.7 Å². The van der Waals surface area contributed by atoms with E-state index in [0.717, 1.165) is 23.1 Å². The largest absolute Gasteiger partial charge is 0.393 e. The maximum Gasteiger partial charge on any atom is 0.263 e. The molecule has 1 aliphatic carbocycles. The molecule has 0 unspecified atom stereocenters. The van der Waals surface area contributed by atoms with Crippen LogP contribution in [0.4, 0.5) is 5.13 Å². The summed E-state index contributed by atoms with van der Waals surface area (Å²) >= 11 is 1.36. The van der Waals surface area contributed by atoms with E-state index in [0.29, 0.717) is 17.7 Å². The molecule has 2 heterocycles. The summed E-state index contributed by atoms with van der Waals surface area (Å²) in [6, 6.07) is 5.50. The summed E-state index contributed by atoms with van der Waals surface area (Å²) in [5.41, 5.74) is 1.55. The van der Waals surface area contributed by atoms with E-state index in [4.69, 9.17) is 0 Å². The number of aliphatic hydroxyl groups excluding tert-OH is 1. The molecule has 0 aliphatic heterocycles. The lowest BCUT2D eigenvalue weighted by Gasteiger charge is -2.37. The summed E-state index contributed by atoms with van der Waals surface area (Å²) in [6.45, 7) is 4.61. The van der Waals surface area contributed by atoms with Crippen LogP contribution in [0.1, 0.15) is 46.9 Å². The maximum absolute atomic E-state index is 12.7. The van der Waals surface area contributed by atoms with Crippen molar-refractivity contribution in [1.29, 1.82) is 0 Å². The fourth-order valence-electron chi connectivity index (χ4n) is 2.94. The minimum Gasteiger partial charge on any atom is -0.393 e. The van der Waals surface area contributed by atoms with Crippen molar-refractivity contribution in [3.63, 3.8) is 0 Å². The summed E-state index contributed by atoms with van der Waals surface area (Å²) in [6.07, 6.45) is 2.83. The molecule has 1 saturated carbocycles. The van der Waals surface area contributed by atoms with E-state index in [1.165, 1.54) is 11.3 Å². The minimum atomic E-state index is -0.274. The third-order valence-electron chi connectivity index (χ3n) is 4.24. The number of aromatic nitrogens is 2. The predicted molar refractivity (Wildman–Crippen MR) is 94.2 cm³/mol. The number of hydrogen-bond acceptors (Lipinski definition) is 6. The fourth-order valence-corrected chi connectivity index (χ4v) is 3.87. The van der Waals surface area contributed by atoms with E-state index in [-0.39, 0.29) is 24.0 Å². The molecule has 128 valence electrons. The van der Waals surface area contributed by atoms with Gasteiger partial charge in [0.1, 0.15) is 4.88 Å². The van der Waals surface area contributed by atoms with Gasteiger partial charge in [-0.3, -0.25) is 9.78 Å². The van der Waals surface area contributed by atoms with Gasteiger partial charge in [0, 0.05) is 12.7 Å². The van der Waals surface area contributed by atoms with Crippen LogP contribution in [0.5, 0.6) is 0 Å². The molecule has 7 heteroatoms. The molecule has 1 atom stereocenters. The van der Waals surface area contributed by atoms with Crippen LogP contribution >= 0.6 is 11.3 Å². The van der Waals surface area contributed by atoms with Crippen LogP contribution in [0.2, 0.25) is 0 Å². The first kappa shape index (κ1) is 16.9. The fraction of sp³-hybridized carbons (Fsp3) is 0.471. The van der Waals surface area contributed by atoms with Crippen molar-refractivity contribution in [2.75, 3.05) is 11.9 Å². The lowest BCUT2D eigenvalue weighted by Crippen LogP contribution is -2.41. The Labute approximate surface area is 145 Å². The summed E-state index contributed by atoms with van der Waals surface area (Å²) < 4.78 is 0. The standard InChI is InChI=1S/C17H22N4O2S/c1-3-18-17-20-10(2)15(24-17)16(23)21-14(11-8-12(22)9-11)13-6-4-5-7-19-13/h4-7,11-12,14,22H,3,8-9H2,1-2H3,(H,18,20)(H,21,23)/t11?,12?,14-/m1/s1. The lowest BCUT2D eigenvalue weighted by atomic mass is 9.76. The maximum atomic E-state index is 12.7. The molecule has 0 spiro atoms. The Hall–Kier alpha value is -1.99. The van der Waals surface area contributed by atoms with E-state index in [1.807, 2.05) is 32.0 Å². The highest BCUT2D eigenvalue weighted by Gasteiger charge is 2.36. The van der Waals surface area contributed by atoms with Crippen molar-refractivity contribution in [3.8, 4) is 0 Å². The Bertz CT molecular complexity index is 698. The molecule has 0 bridgehead atoms. The minimum absolute atomic E-state index is 0.133. The van der Waals surface area contributed by atoms with Gasteiger partial charge in [0.05, 0.1) is 23.5 Å².